The minimum atomic E-state index is -0.0476. The third-order valence-corrected chi connectivity index (χ3v) is 10.5. The summed E-state index contributed by atoms with van der Waals surface area (Å²) in [7, 11) is 0. The maximum absolute atomic E-state index is 10.2. The van der Waals surface area contributed by atoms with E-state index >= 15 is 0 Å². The maximum atomic E-state index is 10.2. The summed E-state index contributed by atoms with van der Waals surface area (Å²) in [6, 6.07) is 0. The molecule has 4 aliphatic carbocycles. The largest absolute Gasteiger partial charge is 0.393 e. The molecule has 1 heteroatoms. The third-order valence-electron chi connectivity index (χ3n) is 10.5. The maximum Gasteiger partial charge on any atom is 0.0543 e. The van der Waals surface area contributed by atoms with Gasteiger partial charge in [0.25, 0.3) is 0 Å². The van der Waals surface area contributed by atoms with Crippen LogP contribution in [-0.2, 0) is 0 Å². The van der Waals surface area contributed by atoms with Crippen molar-refractivity contribution in [2.75, 3.05) is 0 Å². The summed E-state index contributed by atoms with van der Waals surface area (Å²) in [4.78, 5) is 0. The number of rotatable bonds is 4. The molecule has 0 spiro atoms. The summed E-state index contributed by atoms with van der Waals surface area (Å²) >= 11 is 0. The van der Waals surface area contributed by atoms with E-state index in [-0.39, 0.29) is 6.10 Å². The molecule has 0 amide bonds. The lowest BCUT2D eigenvalue weighted by atomic mass is 9.47. The van der Waals surface area contributed by atoms with Crippen LogP contribution in [0, 0.1) is 52.3 Å². The third kappa shape index (κ3) is 3.58. The van der Waals surface area contributed by atoms with Crippen molar-refractivity contribution in [3.05, 3.63) is 23.8 Å². The predicted octanol–water partition coefficient (Wildman–Crippen LogP) is 7.41. The van der Waals surface area contributed by atoms with Gasteiger partial charge >= 0.3 is 0 Å². The highest BCUT2D eigenvalue weighted by Gasteiger charge is 2.57. The Morgan fingerprint density at radius 2 is 1.62 bits per heavy atom. The van der Waals surface area contributed by atoms with Crippen LogP contribution < -0.4 is 0 Å². The van der Waals surface area contributed by atoms with Gasteiger partial charge in [-0.15, -0.1) is 0 Å². The summed E-state index contributed by atoms with van der Waals surface area (Å²) in [5.74, 6) is 5.25. The average molecular weight is 399 g/mol. The number of aliphatic hydroxyl groups excluding tert-OH is 1. The molecule has 0 aromatic carbocycles. The van der Waals surface area contributed by atoms with E-state index in [0.717, 1.165) is 36.5 Å². The second-order valence-electron chi connectivity index (χ2n) is 12.3. The quantitative estimate of drug-likeness (QED) is 0.489. The first-order valence-corrected chi connectivity index (χ1v) is 12.7. The second-order valence-corrected chi connectivity index (χ2v) is 12.3. The van der Waals surface area contributed by atoms with Crippen LogP contribution in [-0.4, -0.2) is 11.2 Å². The molecular weight excluding hydrogens is 352 g/mol. The zero-order valence-electron chi connectivity index (χ0n) is 20.0. The molecule has 164 valence electrons. The molecule has 1 nitrogen and oxygen atoms in total. The van der Waals surface area contributed by atoms with Gasteiger partial charge in [0.15, 0.2) is 0 Å². The molecule has 3 fully saturated rings. The van der Waals surface area contributed by atoms with E-state index in [4.69, 9.17) is 0 Å². The van der Waals surface area contributed by atoms with Gasteiger partial charge in [0.1, 0.15) is 0 Å². The normalized spacial score (nSPS) is 46.8. The van der Waals surface area contributed by atoms with Gasteiger partial charge in [-0.2, -0.15) is 0 Å². The van der Waals surface area contributed by atoms with Gasteiger partial charge in [-0.05, 0) is 104 Å². The van der Waals surface area contributed by atoms with Crippen LogP contribution in [0.5, 0.6) is 0 Å². The van der Waals surface area contributed by atoms with Gasteiger partial charge in [-0.3, -0.25) is 0 Å². The molecule has 0 heterocycles. The van der Waals surface area contributed by atoms with Crippen molar-refractivity contribution in [1.29, 1.82) is 0 Å². The Hall–Kier alpha value is -0.560. The summed E-state index contributed by atoms with van der Waals surface area (Å²) in [5.41, 5.74) is 2.79. The van der Waals surface area contributed by atoms with Crippen molar-refractivity contribution in [2.24, 2.45) is 52.3 Å². The Kier molecular flexibility index (Phi) is 5.86. The summed E-state index contributed by atoms with van der Waals surface area (Å²) < 4.78 is 0. The first-order valence-electron chi connectivity index (χ1n) is 12.7. The molecule has 1 N–H and O–H groups in total. The molecule has 0 unspecified atom stereocenters. The fraction of sp³-hybridized carbons (Fsp3) is 0.857. The fourth-order valence-corrected chi connectivity index (χ4v) is 8.10. The van der Waals surface area contributed by atoms with Gasteiger partial charge in [-0.25, -0.2) is 0 Å². The van der Waals surface area contributed by atoms with E-state index in [2.05, 4.69) is 59.8 Å². The Morgan fingerprint density at radius 3 is 2.34 bits per heavy atom. The number of allylic oxidation sites excluding steroid dienone is 4. The van der Waals surface area contributed by atoms with Crippen LogP contribution in [0.15, 0.2) is 23.8 Å². The summed E-state index contributed by atoms with van der Waals surface area (Å²) in [6.45, 7) is 14.7. The van der Waals surface area contributed by atoms with E-state index in [1.807, 2.05) is 5.57 Å². The molecule has 3 saturated carbocycles. The Morgan fingerprint density at radius 1 is 0.931 bits per heavy atom. The highest BCUT2D eigenvalue weighted by molar-refractivity contribution is 5.28. The molecule has 0 aliphatic heterocycles. The Labute approximate surface area is 180 Å². The number of hydrogen-bond acceptors (Lipinski definition) is 1. The minimum Gasteiger partial charge on any atom is -0.393 e. The first kappa shape index (κ1) is 21.7. The van der Waals surface area contributed by atoms with Crippen molar-refractivity contribution in [2.45, 2.75) is 99.0 Å². The van der Waals surface area contributed by atoms with E-state index in [1.54, 1.807) is 0 Å². The number of fused-ring (bicyclic) bond motifs is 5. The minimum absolute atomic E-state index is 0.0476. The average Bonchev–Trinajstić information content (AvgIpc) is 3.03. The predicted molar refractivity (Wildman–Crippen MR) is 124 cm³/mol. The lowest BCUT2D eigenvalue weighted by molar-refractivity contribution is -0.0414. The zero-order valence-corrected chi connectivity index (χ0v) is 20.0. The highest BCUT2D eigenvalue weighted by atomic mass is 16.3. The summed E-state index contributed by atoms with van der Waals surface area (Å²) in [5, 5.41) is 10.2. The monoisotopic (exact) mass is 398 g/mol. The van der Waals surface area contributed by atoms with E-state index in [0.29, 0.717) is 28.6 Å². The van der Waals surface area contributed by atoms with Crippen LogP contribution in [0.4, 0.5) is 0 Å². The van der Waals surface area contributed by atoms with Crippen LogP contribution in [0.25, 0.3) is 0 Å². The second kappa shape index (κ2) is 7.85. The molecule has 4 aliphatic rings. The summed E-state index contributed by atoms with van der Waals surface area (Å²) in [6.07, 6.45) is 17.8. The van der Waals surface area contributed by atoms with E-state index in [9.17, 15) is 5.11 Å². The molecule has 29 heavy (non-hydrogen) atoms. The topological polar surface area (TPSA) is 20.2 Å². The SMILES string of the molecule is CC(C)[C@@H](C)/C=C/[C@@H](C)[C@@H]1CC[C@@H]2C3=CC[C@@H]4C[C@H](O)CC[C@]4(C)[C@H]3CC[C@@]21C. The fourth-order valence-electron chi connectivity index (χ4n) is 8.10. The van der Waals surface area contributed by atoms with E-state index in [1.165, 1.54) is 38.5 Å². The number of aliphatic hydroxyl groups is 1. The van der Waals surface area contributed by atoms with Crippen LogP contribution in [0.3, 0.4) is 0 Å². The molecule has 0 aromatic rings. The smallest absolute Gasteiger partial charge is 0.0543 e. The standard InChI is InChI=1S/C28H46O/c1-18(2)19(3)7-8-20(4)24-11-12-25-23-10-9-21-17-22(29)13-15-27(21,5)26(23)14-16-28(24,25)6/h7-8,10,18-22,24-26,29H,9,11-17H2,1-6H3/b8-7+/t19-,20+,21+,22+,24-,25+,26-,27-,28+/m0/s1. The van der Waals surface area contributed by atoms with Crippen LogP contribution in [0.1, 0.15) is 92.9 Å². The van der Waals surface area contributed by atoms with E-state index < -0.39 is 0 Å². The van der Waals surface area contributed by atoms with Crippen molar-refractivity contribution >= 4 is 0 Å². The van der Waals surface area contributed by atoms with Crippen molar-refractivity contribution in [3.63, 3.8) is 0 Å². The molecule has 4 rings (SSSR count). The Bertz CT molecular complexity index is 659. The van der Waals surface area contributed by atoms with Crippen molar-refractivity contribution in [3.8, 4) is 0 Å². The highest BCUT2D eigenvalue weighted by Crippen LogP contribution is 2.66. The molecule has 0 radical (unpaired) electrons. The van der Waals surface area contributed by atoms with Gasteiger partial charge < -0.3 is 5.11 Å². The number of hydrogen-bond donors (Lipinski definition) is 1. The first-order chi connectivity index (χ1) is 13.7. The Balaban J connectivity index is 1.54. The van der Waals surface area contributed by atoms with Crippen molar-refractivity contribution < 1.29 is 5.11 Å². The van der Waals surface area contributed by atoms with Gasteiger partial charge in [0.2, 0.25) is 0 Å². The van der Waals surface area contributed by atoms with Gasteiger partial charge in [-0.1, -0.05) is 65.3 Å². The van der Waals surface area contributed by atoms with Crippen LogP contribution >= 0.6 is 0 Å². The van der Waals surface area contributed by atoms with Gasteiger partial charge in [0.05, 0.1) is 6.10 Å². The molecule has 9 atom stereocenters. The van der Waals surface area contributed by atoms with Crippen molar-refractivity contribution in [1.82, 2.24) is 0 Å². The molecule has 0 aromatic heterocycles. The lowest BCUT2D eigenvalue weighted by Gasteiger charge is -2.57. The molecular formula is C28H46O. The lowest BCUT2D eigenvalue weighted by Crippen LogP contribution is -2.49. The molecule has 0 saturated heterocycles. The zero-order chi connectivity index (χ0) is 21.0. The van der Waals surface area contributed by atoms with Gasteiger partial charge in [0, 0.05) is 0 Å². The van der Waals surface area contributed by atoms with Crippen LogP contribution in [0.2, 0.25) is 0 Å². The molecule has 0 bridgehead atoms.